The minimum absolute atomic E-state index is 0.0354. The second kappa shape index (κ2) is 17.7. The second-order valence-electron chi connectivity index (χ2n) is 20.2. The molecule has 0 aromatic heterocycles. The summed E-state index contributed by atoms with van der Waals surface area (Å²) in [5.74, 6) is 0.712. The molecule has 1 aromatic rings. The average molecular weight is 711 g/mol. The molecular formula is C43H74N4O4. The Hall–Kier alpha value is -2.26. The highest BCUT2D eigenvalue weighted by Crippen LogP contribution is 2.26. The Morgan fingerprint density at radius 1 is 0.490 bits per heavy atom. The van der Waals surface area contributed by atoms with Gasteiger partial charge in [-0.2, -0.15) is 0 Å². The van der Waals surface area contributed by atoms with E-state index in [0.29, 0.717) is 78.4 Å². The van der Waals surface area contributed by atoms with Crippen LogP contribution in [0.25, 0.3) is 0 Å². The van der Waals surface area contributed by atoms with Crippen LogP contribution in [0.4, 0.5) is 0 Å². The number of benzene rings is 1. The van der Waals surface area contributed by atoms with E-state index < -0.39 is 21.7 Å². The highest BCUT2D eigenvalue weighted by atomic mass is 16.1. The van der Waals surface area contributed by atoms with Gasteiger partial charge >= 0.3 is 0 Å². The van der Waals surface area contributed by atoms with E-state index in [1.165, 1.54) is 5.56 Å². The van der Waals surface area contributed by atoms with Gasteiger partial charge in [0, 0.05) is 74.0 Å². The Balaban J connectivity index is 2.58. The Bertz CT molecular complexity index is 1270. The van der Waals surface area contributed by atoms with Crippen molar-refractivity contribution in [2.75, 3.05) is 72.0 Å². The summed E-state index contributed by atoms with van der Waals surface area (Å²) in [5.41, 5.74) is 0.445. The Kier molecular flexibility index (Phi) is 15.6. The first-order valence-corrected chi connectivity index (χ1v) is 19.2. The summed E-state index contributed by atoms with van der Waals surface area (Å²) in [5, 5.41) is 0. The maximum atomic E-state index is 14.4. The summed E-state index contributed by atoms with van der Waals surface area (Å²) in [7, 11) is 0. The molecule has 1 aliphatic rings. The first-order valence-electron chi connectivity index (χ1n) is 19.2. The molecule has 0 amide bonds. The number of carbonyl (C=O) groups excluding carboxylic acids is 4. The van der Waals surface area contributed by atoms with E-state index in [1.807, 2.05) is 83.1 Å². The van der Waals surface area contributed by atoms with Gasteiger partial charge in [-0.15, -0.1) is 0 Å². The molecule has 0 aliphatic carbocycles. The third-order valence-corrected chi connectivity index (χ3v) is 10.2. The molecule has 1 unspecified atom stereocenters. The van der Waals surface area contributed by atoms with E-state index in [1.54, 1.807) is 0 Å². The van der Waals surface area contributed by atoms with Crippen molar-refractivity contribution in [3.8, 4) is 0 Å². The van der Waals surface area contributed by atoms with E-state index in [0.717, 1.165) is 5.56 Å². The van der Waals surface area contributed by atoms with Crippen molar-refractivity contribution in [2.24, 2.45) is 21.7 Å². The largest absolute Gasteiger partial charge is 0.298 e. The van der Waals surface area contributed by atoms with E-state index in [-0.39, 0.29) is 34.6 Å². The van der Waals surface area contributed by atoms with E-state index >= 15 is 0 Å². The predicted octanol–water partition coefficient (Wildman–Crippen LogP) is 6.58. The summed E-state index contributed by atoms with van der Waals surface area (Å²) in [4.78, 5) is 63.4. The molecule has 8 heteroatoms. The molecule has 290 valence electrons. The molecule has 1 saturated heterocycles. The number of rotatable bonds is 10. The van der Waals surface area contributed by atoms with Crippen LogP contribution in [0.5, 0.6) is 0 Å². The van der Waals surface area contributed by atoms with Crippen molar-refractivity contribution in [1.82, 2.24) is 19.6 Å². The molecule has 51 heavy (non-hydrogen) atoms. The Labute approximate surface area is 312 Å². The van der Waals surface area contributed by atoms with E-state index in [9.17, 15) is 19.2 Å². The number of Topliss-reactive ketones (excluding diaryl/α,β-unsaturated/α-hetero) is 4. The molecule has 8 nitrogen and oxygen atoms in total. The zero-order valence-electron chi connectivity index (χ0n) is 35.3. The molecule has 1 atom stereocenters. The molecule has 0 N–H and O–H groups in total. The van der Waals surface area contributed by atoms with Gasteiger partial charge in [-0.1, -0.05) is 128 Å². The van der Waals surface area contributed by atoms with Crippen LogP contribution in [0, 0.1) is 21.7 Å². The van der Waals surface area contributed by atoms with Crippen molar-refractivity contribution < 1.29 is 19.2 Å². The Morgan fingerprint density at radius 2 is 0.804 bits per heavy atom. The maximum Gasteiger partial charge on any atom is 0.155 e. The number of carbonyl (C=O) groups is 4. The van der Waals surface area contributed by atoms with Crippen LogP contribution in [-0.2, 0) is 31.0 Å². The molecule has 1 heterocycles. The summed E-state index contributed by atoms with van der Waals surface area (Å²) < 4.78 is 0. The lowest BCUT2D eigenvalue weighted by Crippen LogP contribution is -2.54. The van der Waals surface area contributed by atoms with Gasteiger partial charge in [-0.3, -0.25) is 38.8 Å². The Morgan fingerprint density at radius 3 is 1.08 bits per heavy atom. The van der Waals surface area contributed by atoms with Crippen LogP contribution >= 0.6 is 0 Å². The SMILES string of the molecule is CC(C)(C)C(=O)CN1CCN(CC(=O)C(C)(C)C)CCN(C(Cc2ccc(C(C)(C)C)cc2)C(=O)C(C)(C)C)CCN(CC(=O)C(C)(C)C)CC1. The normalized spacial score (nSPS) is 18.5. The smallest absolute Gasteiger partial charge is 0.155 e. The van der Waals surface area contributed by atoms with Crippen molar-refractivity contribution >= 4 is 23.1 Å². The quantitative estimate of drug-likeness (QED) is 0.270. The topological polar surface area (TPSA) is 81.2 Å². The fraction of sp³-hybridized carbons (Fsp3) is 0.767. The van der Waals surface area contributed by atoms with Gasteiger partial charge in [0.15, 0.2) is 23.1 Å². The van der Waals surface area contributed by atoms with Gasteiger partial charge < -0.3 is 0 Å². The number of nitrogens with zero attached hydrogens (tertiary/aromatic N) is 4. The predicted molar refractivity (Wildman–Crippen MR) is 211 cm³/mol. The first kappa shape index (κ1) is 44.9. The fourth-order valence-electron chi connectivity index (χ4n) is 5.91. The fourth-order valence-corrected chi connectivity index (χ4v) is 5.91. The molecular weight excluding hydrogens is 636 g/mol. The zero-order valence-corrected chi connectivity index (χ0v) is 35.3. The first-order chi connectivity index (χ1) is 23.1. The van der Waals surface area contributed by atoms with Gasteiger partial charge in [0.1, 0.15) is 0 Å². The molecule has 0 bridgehead atoms. The summed E-state index contributed by atoms with van der Waals surface area (Å²) >= 11 is 0. The molecule has 0 spiro atoms. The molecule has 0 saturated carbocycles. The van der Waals surface area contributed by atoms with E-state index in [2.05, 4.69) is 64.6 Å². The molecule has 0 radical (unpaired) electrons. The van der Waals surface area contributed by atoms with Gasteiger partial charge in [0.2, 0.25) is 0 Å². The number of hydrogen-bond donors (Lipinski definition) is 0. The zero-order chi connectivity index (χ0) is 39.2. The third kappa shape index (κ3) is 14.9. The van der Waals surface area contributed by atoms with Crippen molar-refractivity contribution in [1.29, 1.82) is 0 Å². The second-order valence-corrected chi connectivity index (χ2v) is 20.2. The lowest BCUT2D eigenvalue weighted by Gasteiger charge is -2.39. The minimum Gasteiger partial charge on any atom is -0.298 e. The van der Waals surface area contributed by atoms with E-state index in [4.69, 9.17) is 0 Å². The van der Waals surface area contributed by atoms with Crippen LogP contribution in [-0.4, -0.2) is 121 Å². The van der Waals surface area contributed by atoms with Crippen LogP contribution < -0.4 is 0 Å². The van der Waals surface area contributed by atoms with Crippen molar-refractivity contribution in [3.05, 3.63) is 35.4 Å². The third-order valence-electron chi connectivity index (χ3n) is 10.2. The van der Waals surface area contributed by atoms with Crippen molar-refractivity contribution in [3.63, 3.8) is 0 Å². The van der Waals surface area contributed by atoms with Gasteiger partial charge in [-0.25, -0.2) is 0 Å². The lowest BCUT2D eigenvalue weighted by atomic mass is 9.82. The highest BCUT2D eigenvalue weighted by Gasteiger charge is 2.35. The van der Waals surface area contributed by atoms with Gasteiger partial charge in [-0.05, 0) is 23.0 Å². The molecule has 1 fully saturated rings. The van der Waals surface area contributed by atoms with Gasteiger partial charge in [0.25, 0.3) is 0 Å². The minimum atomic E-state index is -0.552. The lowest BCUT2D eigenvalue weighted by molar-refractivity contribution is -0.133. The molecule has 1 aliphatic heterocycles. The summed E-state index contributed by atoms with van der Waals surface area (Å²) in [6.07, 6.45) is 0.588. The molecule has 1 aromatic carbocycles. The van der Waals surface area contributed by atoms with Crippen LogP contribution in [0.15, 0.2) is 24.3 Å². The average Bonchev–Trinajstić information content (AvgIpc) is 2.97. The standard InChI is InChI=1S/C43H74N4O4/c1-39(2,3)33-18-16-32(17-19-33)28-34(38(51)43(13,14)15)47-26-24-45(30-36(49)41(7,8)9)22-20-44(29-35(48)40(4,5)6)21-23-46(25-27-47)31-37(50)42(10,11)12/h16-19,34H,20-31H2,1-15H3. The van der Waals surface area contributed by atoms with Crippen molar-refractivity contribution in [2.45, 2.75) is 122 Å². The number of ketones is 4. The number of hydrogen-bond acceptors (Lipinski definition) is 8. The maximum absolute atomic E-state index is 14.4. The summed E-state index contributed by atoms with van der Waals surface area (Å²) in [6, 6.07) is 8.32. The van der Waals surface area contributed by atoms with Crippen LogP contribution in [0.3, 0.4) is 0 Å². The van der Waals surface area contributed by atoms with Gasteiger partial charge in [0.05, 0.1) is 25.7 Å². The van der Waals surface area contributed by atoms with Crippen LogP contribution in [0.1, 0.15) is 115 Å². The summed E-state index contributed by atoms with van der Waals surface area (Å²) in [6.45, 7) is 36.1. The monoisotopic (exact) mass is 711 g/mol. The molecule has 2 rings (SSSR count). The van der Waals surface area contributed by atoms with Crippen LogP contribution in [0.2, 0.25) is 0 Å². The highest BCUT2D eigenvalue weighted by molar-refractivity contribution is 5.89.